The molecule has 0 aliphatic carbocycles. The van der Waals surface area contributed by atoms with Gasteiger partial charge in [-0.15, -0.1) is 11.8 Å². The molecular formula is C13H10ClN3OS. The maximum atomic E-state index is 11.7. The van der Waals surface area contributed by atoms with Crippen molar-refractivity contribution >= 4 is 45.9 Å². The Balaban J connectivity index is 2.20. The Kier molecular flexibility index (Phi) is 4.61. The number of anilines is 1. The van der Waals surface area contributed by atoms with Crippen LogP contribution >= 0.6 is 23.4 Å². The maximum absolute atomic E-state index is 11.7. The average molecular weight is 292 g/mol. The quantitative estimate of drug-likeness (QED) is 0.879. The summed E-state index contributed by atoms with van der Waals surface area (Å²) < 4.78 is 0. The minimum absolute atomic E-state index is 0.172. The monoisotopic (exact) mass is 291 g/mol. The molecule has 0 aliphatic rings. The molecule has 1 heterocycles. The second-order valence-corrected chi connectivity index (χ2v) is 5.15. The first-order chi connectivity index (χ1) is 9.20. The summed E-state index contributed by atoms with van der Waals surface area (Å²) in [7, 11) is 0. The summed E-state index contributed by atoms with van der Waals surface area (Å²) in [6.07, 6.45) is 1.66. The van der Waals surface area contributed by atoms with Crippen molar-refractivity contribution in [1.29, 1.82) is 5.26 Å². The van der Waals surface area contributed by atoms with Gasteiger partial charge in [-0.1, -0.05) is 17.7 Å². The molecule has 4 nitrogen and oxygen atoms in total. The highest BCUT2D eigenvalue weighted by atomic mass is 35.5. The Morgan fingerprint density at radius 3 is 3.16 bits per heavy atom. The van der Waals surface area contributed by atoms with Gasteiger partial charge in [0.25, 0.3) is 0 Å². The van der Waals surface area contributed by atoms with Crippen LogP contribution in [0.25, 0.3) is 10.9 Å². The number of halogens is 1. The number of fused-ring (bicyclic) bond motifs is 1. The Morgan fingerprint density at radius 1 is 1.53 bits per heavy atom. The van der Waals surface area contributed by atoms with E-state index in [-0.39, 0.29) is 11.7 Å². The van der Waals surface area contributed by atoms with E-state index in [9.17, 15) is 4.79 Å². The minimum Gasteiger partial charge on any atom is -0.323 e. The molecule has 0 radical (unpaired) electrons. The number of thioether (sulfide) groups is 1. The van der Waals surface area contributed by atoms with Crippen LogP contribution in [0.15, 0.2) is 30.5 Å². The smallest absolute Gasteiger partial charge is 0.234 e. The Morgan fingerprint density at radius 2 is 2.37 bits per heavy atom. The second-order valence-electron chi connectivity index (χ2n) is 3.73. The molecule has 0 unspecified atom stereocenters. The highest BCUT2D eigenvalue weighted by Gasteiger charge is 2.08. The van der Waals surface area contributed by atoms with Crippen LogP contribution in [0.1, 0.15) is 0 Å². The number of pyridine rings is 1. The van der Waals surface area contributed by atoms with Gasteiger partial charge in [-0.25, -0.2) is 0 Å². The molecule has 1 aromatic heterocycles. The van der Waals surface area contributed by atoms with Crippen LogP contribution in [0.4, 0.5) is 5.69 Å². The number of hydrogen-bond donors (Lipinski definition) is 1. The Bertz CT molecular complexity index is 654. The maximum Gasteiger partial charge on any atom is 0.234 e. The number of nitrogens with one attached hydrogen (secondary N) is 1. The largest absolute Gasteiger partial charge is 0.323 e. The Hall–Kier alpha value is -1.77. The fraction of sp³-hybridized carbons (Fsp3) is 0.154. The van der Waals surface area contributed by atoms with Crippen molar-refractivity contribution in [2.75, 3.05) is 16.8 Å². The molecule has 1 N–H and O–H groups in total. The molecule has 96 valence electrons. The molecule has 0 fully saturated rings. The molecule has 1 amide bonds. The van der Waals surface area contributed by atoms with Gasteiger partial charge in [0.15, 0.2) is 0 Å². The molecule has 0 saturated carbocycles. The summed E-state index contributed by atoms with van der Waals surface area (Å²) in [5.41, 5.74) is 1.29. The van der Waals surface area contributed by atoms with Gasteiger partial charge in [0, 0.05) is 16.6 Å². The lowest BCUT2D eigenvalue weighted by molar-refractivity contribution is -0.113. The number of hydrogen-bond acceptors (Lipinski definition) is 4. The van der Waals surface area contributed by atoms with Gasteiger partial charge in [-0.05, 0) is 18.2 Å². The van der Waals surface area contributed by atoms with Crippen molar-refractivity contribution in [3.8, 4) is 6.07 Å². The second kappa shape index (κ2) is 6.41. The van der Waals surface area contributed by atoms with E-state index in [0.717, 1.165) is 5.39 Å². The van der Waals surface area contributed by atoms with Crippen molar-refractivity contribution in [3.63, 3.8) is 0 Å². The highest BCUT2D eigenvalue weighted by Crippen LogP contribution is 2.26. The third-order valence-electron chi connectivity index (χ3n) is 2.34. The fourth-order valence-electron chi connectivity index (χ4n) is 1.63. The van der Waals surface area contributed by atoms with Gasteiger partial charge in [-0.2, -0.15) is 5.26 Å². The first kappa shape index (κ1) is 13.7. The number of amides is 1. The van der Waals surface area contributed by atoms with Crippen LogP contribution in [0.2, 0.25) is 5.02 Å². The van der Waals surface area contributed by atoms with Crippen LogP contribution in [0, 0.1) is 11.3 Å². The number of nitriles is 1. The summed E-state index contributed by atoms with van der Waals surface area (Å²) in [6, 6.07) is 9.14. The van der Waals surface area contributed by atoms with E-state index in [2.05, 4.69) is 10.3 Å². The number of nitrogens with zero attached hydrogens (tertiary/aromatic N) is 2. The van der Waals surface area contributed by atoms with Gasteiger partial charge >= 0.3 is 0 Å². The van der Waals surface area contributed by atoms with Crippen LogP contribution in [0.3, 0.4) is 0 Å². The molecule has 0 bridgehead atoms. The van der Waals surface area contributed by atoms with Crippen molar-refractivity contribution in [2.24, 2.45) is 0 Å². The molecule has 2 aromatic rings. The van der Waals surface area contributed by atoms with Gasteiger partial charge in [0.2, 0.25) is 5.91 Å². The van der Waals surface area contributed by atoms with Crippen molar-refractivity contribution in [1.82, 2.24) is 4.98 Å². The minimum atomic E-state index is -0.172. The first-order valence-electron chi connectivity index (χ1n) is 5.49. The van der Waals surface area contributed by atoms with Crippen molar-refractivity contribution < 1.29 is 4.79 Å². The van der Waals surface area contributed by atoms with E-state index in [4.69, 9.17) is 16.9 Å². The molecule has 0 atom stereocenters. The van der Waals surface area contributed by atoms with Crippen molar-refractivity contribution in [3.05, 3.63) is 35.5 Å². The fourth-order valence-corrected chi connectivity index (χ4v) is 2.30. The lowest BCUT2D eigenvalue weighted by Crippen LogP contribution is -2.14. The third-order valence-corrected chi connectivity index (χ3v) is 3.36. The van der Waals surface area contributed by atoms with Gasteiger partial charge < -0.3 is 5.32 Å². The summed E-state index contributed by atoms with van der Waals surface area (Å²) in [5.74, 6) is 0.352. The molecule has 19 heavy (non-hydrogen) atoms. The molecule has 0 spiro atoms. The summed E-state index contributed by atoms with van der Waals surface area (Å²) >= 11 is 7.27. The lowest BCUT2D eigenvalue weighted by atomic mass is 10.2. The normalized spacial score (nSPS) is 10.1. The van der Waals surface area contributed by atoms with E-state index in [1.165, 1.54) is 11.8 Å². The van der Waals surface area contributed by atoms with Crippen LogP contribution in [0.5, 0.6) is 0 Å². The van der Waals surface area contributed by atoms with Crippen LogP contribution in [-0.4, -0.2) is 22.4 Å². The summed E-state index contributed by atoms with van der Waals surface area (Å²) in [6.45, 7) is 0. The number of carbonyl (C=O) groups excluding carboxylic acids is 1. The van der Waals surface area contributed by atoms with Gasteiger partial charge in [-0.3, -0.25) is 9.78 Å². The number of benzene rings is 1. The number of rotatable bonds is 4. The predicted molar refractivity (Wildman–Crippen MR) is 78.3 cm³/mol. The molecular weight excluding hydrogens is 282 g/mol. The van der Waals surface area contributed by atoms with E-state index in [0.29, 0.717) is 22.0 Å². The molecule has 2 rings (SSSR count). The molecule has 6 heteroatoms. The Labute approximate surface area is 119 Å². The van der Waals surface area contributed by atoms with E-state index < -0.39 is 0 Å². The average Bonchev–Trinajstić information content (AvgIpc) is 2.39. The third kappa shape index (κ3) is 3.60. The topological polar surface area (TPSA) is 65.8 Å². The van der Waals surface area contributed by atoms with E-state index >= 15 is 0 Å². The summed E-state index contributed by atoms with van der Waals surface area (Å²) in [4.78, 5) is 16.0. The standard InChI is InChI=1S/C13H10ClN3OS/c14-10-6-9-2-1-4-16-13(9)11(7-10)17-12(18)8-19-5-3-15/h1-2,4,6-7H,5,8H2,(H,17,18). The summed E-state index contributed by atoms with van der Waals surface area (Å²) in [5, 5.41) is 12.6. The van der Waals surface area contributed by atoms with E-state index in [1.54, 1.807) is 18.3 Å². The lowest BCUT2D eigenvalue weighted by Gasteiger charge is -2.08. The number of carbonyl (C=O) groups is 1. The van der Waals surface area contributed by atoms with Crippen molar-refractivity contribution in [2.45, 2.75) is 0 Å². The molecule has 0 saturated heterocycles. The zero-order valence-corrected chi connectivity index (χ0v) is 11.5. The van der Waals surface area contributed by atoms with E-state index in [1.807, 2.05) is 18.2 Å². The zero-order valence-electron chi connectivity index (χ0n) is 9.89. The predicted octanol–water partition coefficient (Wildman–Crippen LogP) is 3.08. The SMILES string of the molecule is N#CCSCC(=O)Nc1cc(Cl)cc2cccnc12. The molecule has 1 aromatic carbocycles. The van der Waals surface area contributed by atoms with Gasteiger partial charge in [0.05, 0.1) is 28.8 Å². The zero-order chi connectivity index (χ0) is 13.7. The molecule has 0 aliphatic heterocycles. The van der Waals surface area contributed by atoms with Gasteiger partial charge in [0.1, 0.15) is 0 Å². The highest BCUT2D eigenvalue weighted by molar-refractivity contribution is 8.00. The van der Waals surface area contributed by atoms with Crippen LogP contribution in [-0.2, 0) is 4.79 Å². The number of aromatic nitrogens is 1. The van der Waals surface area contributed by atoms with Crippen LogP contribution < -0.4 is 5.32 Å². The first-order valence-corrected chi connectivity index (χ1v) is 7.03.